The number of hydrogen-bond donors (Lipinski definition) is 1. The summed E-state index contributed by atoms with van der Waals surface area (Å²) in [5.74, 6) is 0.283. The summed E-state index contributed by atoms with van der Waals surface area (Å²) in [6.07, 6.45) is 0. The average Bonchev–Trinajstić information content (AvgIpc) is 2.04. The molecule has 1 N–H and O–H groups in total. The molecule has 4 heteroatoms. The van der Waals surface area contributed by atoms with E-state index in [1.807, 2.05) is 20.8 Å². The Morgan fingerprint density at radius 1 is 1.62 bits per heavy atom. The Morgan fingerprint density at radius 2 is 2.15 bits per heavy atom. The van der Waals surface area contributed by atoms with Crippen molar-refractivity contribution in [3.63, 3.8) is 0 Å². The second kappa shape index (κ2) is 5.45. The van der Waals surface area contributed by atoms with Crippen LogP contribution in [0, 0.1) is 5.41 Å². The maximum Gasteiger partial charge on any atom is 0.227 e. The predicted octanol–water partition coefficient (Wildman–Crippen LogP) is 1.40. The highest BCUT2D eigenvalue weighted by Crippen LogP contribution is 2.16. The minimum atomic E-state index is -0.510. The molecule has 0 radical (unpaired) electrons. The van der Waals surface area contributed by atoms with Gasteiger partial charge in [0.25, 0.3) is 0 Å². The topological polar surface area (TPSA) is 38.3 Å². The quantitative estimate of drug-likeness (QED) is 0.693. The lowest BCUT2D eigenvalue weighted by Gasteiger charge is -2.23. The molecule has 0 rings (SSSR count). The second-order valence-electron chi connectivity index (χ2n) is 3.85. The molecule has 0 bridgehead atoms. The molecule has 0 aliphatic rings. The van der Waals surface area contributed by atoms with Crippen molar-refractivity contribution < 1.29 is 9.53 Å². The van der Waals surface area contributed by atoms with E-state index in [9.17, 15) is 4.79 Å². The number of carbonyl (C=O) groups is 1. The first-order valence-corrected chi connectivity index (χ1v) is 4.83. The van der Waals surface area contributed by atoms with Gasteiger partial charge in [0.1, 0.15) is 0 Å². The van der Waals surface area contributed by atoms with E-state index in [2.05, 4.69) is 5.32 Å². The maximum atomic E-state index is 11.5. The van der Waals surface area contributed by atoms with Crippen LogP contribution >= 0.6 is 11.6 Å². The van der Waals surface area contributed by atoms with Crippen LogP contribution in [0.2, 0.25) is 0 Å². The van der Waals surface area contributed by atoms with Crippen LogP contribution < -0.4 is 5.32 Å². The van der Waals surface area contributed by atoms with E-state index in [0.29, 0.717) is 12.5 Å². The van der Waals surface area contributed by atoms with E-state index in [1.54, 1.807) is 7.11 Å². The van der Waals surface area contributed by atoms with E-state index in [1.165, 1.54) is 0 Å². The Balaban J connectivity index is 3.99. The van der Waals surface area contributed by atoms with Gasteiger partial charge in [-0.05, 0) is 20.8 Å². The van der Waals surface area contributed by atoms with Gasteiger partial charge in [-0.1, -0.05) is 0 Å². The van der Waals surface area contributed by atoms with Crippen LogP contribution in [0.15, 0.2) is 0 Å². The van der Waals surface area contributed by atoms with E-state index < -0.39 is 5.41 Å². The van der Waals surface area contributed by atoms with Crippen molar-refractivity contribution in [1.29, 1.82) is 0 Å². The number of nitrogens with one attached hydrogen (secondary N) is 1. The molecule has 0 spiro atoms. The number of alkyl halides is 1. The van der Waals surface area contributed by atoms with Crippen LogP contribution in [0.4, 0.5) is 0 Å². The van der Waals surface area contributed by atoms with Gasteiger partial charge in [-0.3, -0.25) is 4.79 Å². The Bertz CT molecular complexity index is 171. The number of carbonyl (C=O) groups excluding carboxylic acids is 1. The molecule has 0 saturated carbocycles. The summed E-state index contributed by atoms with van der Waals surface area (Å²) in [4.78, 5) is 11.5. The Hall–Kier alpha value is -0.280. The molecule has 0 aromatic heterocycles. The predicted molar refractivity (Wildman–Crippen MR) is 54.0 cm³/mol. The van der Waals surface area contributed by atoms with Crippen molar-refractivity contribution in [3.8, 4) is 0 Å². The number of ether oxygens (including phenoxy) is 1. The highest BCUT2D eigenvalue weighted by Gasteiger charge is 2.27. The normalized spacial score (nSPS) is 13.9. The molecular formula is C9H18ClNO2. The van der Waals surface area contributed by atoms with Crippen molar-refractivity contribution in [2.75, 3.05) is 19.6 Å². The smallest absolute Gasteiger partial charge is 0.227 e. The summed E-state index contributed by atoms with van der Waals surface area (Å²) in [5, 5.41) is 2.82. The van der Waals surface area contributed by atoms with Crippen molar-refractivity contribution in [1.82, 2.24) is 5.32 Å². The summed E-state index contributed by atoms with van der Waals surface area (Å²) in [5.41, 5.74) is -0.510. The molecule has 3 nitrogen and oxygen atoms in total. The molecule has 1 atom stereocenters. The van der Waals surface area contributed by atoms with Crippen LogP contribution in [0.5, 0.6) is 0 Å². The molecule has 1 unspecified atom stereocenters. The lowest BCUT2D eigenvalue weighted by atomic mass is 9.95. The van der Waals surface area contributed by atoms with Gasteiger partial charge >= 0.3 is 0 Å². The van der Waals surface area contributed by atoms with Crippen LogP contribution in [0.25, 0.3) is 0 Å². The van der Waals surface area contributed by atoms with Crippen LogP contribution in [0.1, 0.15) is 20.8 Å². The number of methoxy groups -OCH3 is 1. The molecule has 1 amide bonds. The SMILES string of the molecule is COCC(C)NC(=O)C(C)(C)CCl. The molecule has 0 aromatic carbocycles. The maximum absolute atomic E-state index is 11.5. The fourth-order valence-electron chi connectivity index (χ4n) is 0.772. The lowest BCUT2D eigenvalue weighted by molar-refractivity contribution is -0.129. The van der Waals surface area contributed by atoms with E-state index in [0.717, 1.165) is 0 Å². The molecule has 0 aliphatic carbocycles. The molecule has 0 saturated heterocycles. The zero-order chi connectivity index (χ0) is 10.5. The monoisotopic (exact) mass is 207 g/mol. The van der Waals surface area contributed by atoms with Crippen LogP contribution in [-0.4, -0.2) is 31.5 Å². The van der Waals surface area contributed by atoms with Crippen molar-refractivity contribution in [2.45, 2.75) is 26.8 Å². The van der Waals surface area contributed by atoms with Gasteiger partial charge in [-0.15, -0.1) is 11.6 Å². The number of halogens is 1. The second-order valence-corrected chi connectivity index (χ2v) is 4.11. The Morgan fingerprint density at radius 3 is 2.54 bits per heavy atom. The molecule has 0 heterocycles. The summed E-state index contributed by atoms with van der Waals surface area (Å²) in [6.45, 7) is 6.04. The van der Waals surface area contributed by atoms with Crippen molar-refractivity contribution >= 4 is 17.5 Å². The Labute approximate surface area is 84.8 Å². The van der Waals surface area contributed by atoms with Gasteiger partial charge < -0.3 is 10.1 Å². The van der Waals surface area contributed by atoms with Crippen molar-refractivity contribution in [3.05, 3.63) is 0 Å². The van der Waals surface area contributed by atoms with Gasteiger partial charge in [0, 0.05) is 19.0 Å². The molecule has 0 aliphatic heterocycles. The molecule has 78 valence electrons. The summed E-state index contributed by atoms with van der Waals surface area (Å²) < 4.78 is 4.90. The fraction of sp³-hybridized carbons (Fsp3) is 0.889. The first kappa shape index (κ1) is 12.7. The van der Waals surface area contributed by atoms with Gasteiger partial charge in [-0.25, -0.2) is 0 Å². The standard InChI is InChI=1S/C9H18ClNO2/c1-7(5-13-4)11-8(12)9(2,3)6-10/h7H,5-6H2,1-4H3,(H,11,12). The lowest BCUT2D eigenvalue weighted by Crippen LogP contribution is -2.44. The largest absolute Gasteiger partial charge is 0.383 e. The minimum absolute atomic E-state index is 0.0278. The Kier molecular flexibility index (Phi) is 5.33. The molecule has 13 heavy (non-hydrogen) atoms. The van der Waals surface area contributed by atoms with Gasteiger partial charge in [0.2, 0.25) is 5.91 Å². The zero-order valence-corrected chi connectivity index (χ0v) is 9.44. The molecular weight excluding hydrogens is 190 g/mol. The molecule has 0 fully saturated rings. The number of amides is 1. The third kappa shape index (κ3) is 4.48. The highest BCUT2D eigenvalue weighted by molar-refractivity contribution is 6.19. The molecule has 0 aromatic rings. The van der Waals surface area contributed by atoms with E-state index >= 15 is 0 Å². The fourth-order valence-corrected chi connectivity index (χ4v) is 0.893. The third-order valence-electron chi connectivity index (χ3n) is 1.74. The van der Waals surface area contributed by atoms with E-state index in [4.69, 9.17) is 16.3 Å². The number of rotatable bonds is 5. The number of hydrogen-bond acceptors (Lipinski definition) is 2. The summed E-state index contributed by atoms with van der Waals surface area (Å²) in [6, 6.07) is 0.0278. The zero-order valence-electron chi connectivity index (χ0n) is 8.69. The first-order chi connectivity index (χ1) is 5.94. The van der Waals surface area contributed by atoms with Crippen LogP contribution in [-0.2, 0) is 9.53 Å². The average molecular weight is 208 g/mol. The van der Waals surface area contributed by atoms with Crippen molar-refractivity contribution in [2.24, 2.45) is 5.41 Å². The highest BCUT2D eigenvalue weighted by atomic mass is 35.5. The van der Waals surface area contributed by atoms with Gasteiger partial charge in [0.05, 0.1) is 12.0 Å². The minimum Gasteiger partial charge on any atom is -0.383 e. The van der Waals surface area contributed by atoms with Crippen LogP contribution in [0.3, 0.4) is 0 Å². The van der Waals surface area contributed by atoms with Gasteiger partial charge in [-0.2, -0.15) is 0 Å². The summed E-state index contributed by atoms with van der Waals surface area (Å²) >= 11 is 5.66. The first-order valence-electron chi connectivity index (χ1n) is 4.30. The third-order valence-corrected chi connectivity index (χ3v) is 2.41. The van der Waals surface area contributed by atoms with E-state index in [-0.39, 0.29) is 11.9 Å². The summed E-state index contributed by atoms with van der Waals surface area (Å²) in [7, 11) is 1.61. The van der Waals surface area contributed by atoms with Gasteiger partial charge in [0.15, 0.2) is 0 Å².